The van der Waals surface area contributed by atoms with E-state index in [1.54, 1.807) is 12.1 Å². The van der Waals surface area contributed by atoms with E-state index >= 15 is 0 Å². The molecule has 0 heterocycles. The third kappa shape index (κ3) is 9.90. The van der Waals surface area contributed by atoms with E-state index in [9.17, 15) is 19.8 Å². The van der Waals surface area contributed by atoms with Crippen molar-refractivity contribution >= 4 is 11.8 Å². The molecule has 8 nitrogen and oxygen atoms in total. The first-order valence-electron chi connectivity index (χ1n) is 9.91. The Balaban J connectivity index is 1.45. The smallest absolute Gasteiger partial charge is 0.224 e. The summed E-state index contributed by atoms with van der Waals surface area (Å²) in [7, 11) is 0. The molecule has 0 saturated carbocycles. The van der Waals surface area contributed by atoms with E-state index in [1.165, 1.54) is 12.1 Å². The van der Waals surface area contributed by atoms with Crippen LogP contribution < -0.4 is 20.7 Å². The van der Waals surface area contributed by atoms with Gasteiger partial charge >= 0.3 is 0 Å². The van der Waals surface area contributed by atoms with Gasteiger partial charge in [0.25, 0.3) is 0 Å². The van der Waals surface area contributed by atoms with Crippen molar-refractivity contribution in [2.24, 2.45) is 0 Å². The number of hydrogen-bond acceptors (Lipinski definition) is 6. The summed E-state index contributed by atoms with van der Waals surface area (Å²) in [5.74, 6) is 0.461. The summed E-state index contributed by atoms with van der Waals surface area (Å²) in [5.41, 5.74) is 0.932. The molecule has 1 unspecified atom stereocenters. The third-order valence-electron chi connectivity index (χ3n) is 4.16. The second kappa shape index (κ2) is 13.2. The highest BCUT2D eigenvalue weighted by Crippen LogP contribution is 2.15. The van der Waals surface area contributed by atoms with Crippen molar-refractivity contribution in [3.05, 3.63) is 60.2 Å². The van der Waals surface area contributed by atoms with E-state index in [4.69, 9.17) is 4.74 Å². The van der Waals surface area contributed by atoms with Gasteiger partial charge in [-0.05, 0) is 29.8 Å². The zero-order valence-electron chi connectivity index (χ0n) is 16.8. The Kier molecular flexibility index (Phi) is 10.2. The topological polar surface area (TPSA) is 120 Å². The van der Waals surface area contributed by atoms with Crippen LogP contribution in [0.25, 0.3) is 0 Å². The fourth-order valence-electron chi connectivity index (χ4n) is 2.60. The molecule has 2 aromatic rings. The fourth-order valence-corrected chi connectivity index (χ4v) is 2.60. The number of carbonyl (C=O) groups excluding carboxylic acids is 2. The van der Waals surface area contributed by atoms with Crippen LogP contribution in [0.4, 0.5) is 0 Å². The zero-order valence-corrected chi connectivity index (χ0v) is 16.8. The number of phenols is 1. The largest absolute Gasteiger partial charge is 0.508 e. The molecular formula is C22H29N3O5. The molecular weight excluding hydrogens is 386 g/mol. The fraction of sp³-hybridized carbons (Fsp3) is 0.364. The molecule has 1 atom stereocenters. The molecule has 0 aliphatic heterocycles. The van der Waals surface area contributed by atoms with Crippen LogP contribution in [0.15, 0.2) is 54.6 Å². The number of rotatable bonds is 13. The highest BCUT2D eigenvalue weighted by atomic mass is 16.5. The summed E-state index contributed by atoms with van der Waals surface area (Å²) in [6, 6.07) is 15.7. The van der Waals surface area contributed by atoms with Crippen molar-refractivity contribution in [3.63, 3.8) is 0 Å². The molecule has 0 spiro atoms. The van der Waals surface area contributed by atoms with E-state index in [1.807, 2.05) is 30.3 Å². The van der Waals surface area contributed by atoms with Crippen molar-refractivity contribution in [1.82, 2.24) is 16.0 Å². The molecule has 5 N–H and O–H groups in total. The number of amides is 2. The number of phenolic OH excluding ortho intramolecular Hbond substituents is 1. The summed E-state index contributed by atoms with van der Waals surface area (Å²) in [6.45, 7) is 1.65. The molecule has 0 aliphatic carbocycles. The van der Waals surface area contributed by atoms with Crippen LogP contribution in [-0.2, 0) is 16.0 Å². The number of aliphatic hydroxyl groups excluding tert-OH is 1. The molecule has 8 heteroatoms. The van der Waals surface area contributed by atoms with E-state index in [0.29, 0.717) is 31.8 Å². The standard InChI is InChI=1S/C22H29N3O5/c26-18-6-8-20(9-7-18)30-16-19(27)15-23-12-13-25-21(28)10-11-24-22(29)14-17-4-2-1-3-5-17/h1-9,19,23,26-27H,10-16H2,(H,24,29)(H,25,28). The van der Waals surface area contributed by atoms with E-state index < -0.39 is 6.10 Å². The van der Waals surface area contributed by atoms with Gasteiger partial charge in [-0.3, -0.25) is 9.59 Å². The predicted molar refractivity (Wildman–Crippen MR) is 113 cm³/mol. The average molecular weight is 415 g/mol. The van der Waals surface area contributed by atoms with Gasteiger partial charge in [-0.1, -0.05) is 30.3 Å². The minimum Gasteiger partial charge on any atom is -0.508 e. The Hall–Kier alpha value is -3.10. The molecule has 0 bridgehead atoms. The molecule has 2 amide bonds. The van der Waals surface area contributed by atoms with Crippen molar-refractivity contribution in [1.29, 1.82) is 0 Å². The van der Waals surface area contributed by atoms with Gasteiger partial charge in [-0.15, -0.1) is 0 Å². The van der Waals surface area contributed by atoms with Crippen molar-refractivity contribution in [3.8, 4) is 11.5 Å². The Bertz CT molecular complexity index is 768. The highest BCUT2D eigenvalue weighted by Gasteiger charge is 2.07. The summed E-state index contributed by atoms with van der Waals surface area (Å²) in [6.07, 6.45) is -0.191. The van der Waals surface area contributed by atoms with Crippen molar-refractivity contribution < 1.29 is 24.5 Å². The normalized spacial score (nSPS) is 11.5. The lowest BCUT2D eigenvalue weighted by molar-refractivity contribution is -0.122. The number of hydrogen-bond donors (Lipinski definition) is 5. The molecule has 2 rings (SSSR count). The van der Waals surface area contributed by atoms with Gasteiger partial charge in [0.1, 0.15) is 24.2 Å². The van der Waals surface area contributed by atoms with Crippen LogP contribution in [0, 0.1) is 0 Å². The second-order valence-electron chi connectivity index (χ2n) is 6.78. The first-order valence-corrected chi connectivity index (χ1v) is 9.91. The summed E-state index contributed by atoms with van der Waals surface area (Å²) < 4.78 is 5.41. The number of nitrogens with one attached hydrogen (secondary N) is 3. The first-order chi connectivity index (χ1) is 14.5. The Morgan fingerprint density at radius 2 is 1.60 bits per heavy atom. The van der Waals surface area contributed by atoms with Gasteiger partial charge in [0.05, 0.1) is 6.42 Å². The van der Waals surface area contributed by atoms with Crippen molar-refractivity contribution in [2.75, 3.05) is 32.8 Å². The maximum absolute atomic E-state index is 11.8. The van der Waals surface area contributed by atoms with E-state index in [-0.39, 0.29) is 37.1 Å². The van der Waals surface area contributed by atoms with Crippen LogP contribution >= 0.6 is 0 Å². The number of carbonyl (C=O) groups is 2. The second-order valence-corrected chi connectivity index (χ2v) is 6.78. The Morgan fingerprint density at radius 3 is 2.33 bits per heavy atom. The molecule has 0 aromatic heterocycles. The molecule has 0 fully saturated rings. The lowest BCUT2D eigenvalue weighted by Crippen LogP contribution is -2.38. The number of benzene rings is 2. The maximum Gasteiger partial charge on any atom is 0.224 e. The van der Waals surface area contributed by atoms with Crippen LogP contribution in [0.1, 0.15) is 12.0 Å². The minimum absolute atomic E-state index is 0.112. The van der Waals surface area contributed by atoms with Crippen LogP contribution in [0.5, 0.6) is 11.5 Å². The van der Waals surface area contributed by atoms with Gasteiger partial charge in [-0.2, -0.15) is 0 Å². The monoisotopic (exact) mass is 415 g/mol. The Morgan fingerprint density at radius 1 is 0.900 bits per heavy atom. The maximum atomic E-state index is 11.8. The van der Waals surface area contributed by atoms with Crippen LogP contribution in [0.2, 0.25) is 0 Å². The van der Waals surface area contributed by atoms with Crippen LogP contribution in [-0.4, -0.2) is 60.9 Å². The van der Waals surface area contributed by atoms with Crippen LogP contribution in [0.3, 0.4) is 0 Å². The van der Waals surface area contributed by atoms with Gasteiger partial charge in [0, 0.05) is 32.6 Å². The van der Waals surface area contributed by atoms with Gasteiger partial charge in [0.2, 0.25) is 11.8 Å². The molecule has 0 radical (unpaired) electrons. The lowest BCUT2D eigenvalue weighted by Gasteiger charge is -2.13. The number of ether oxygens (including phenoxy) is 1. The summed E-state index contributed by atoms with van der Waals surface area (Å²) in [4.78, 5) is 23.6. The van der Waals surface area contributed by atoms with Crippen molar-refractivity contribution in [2.45, 2.75) is 18.9 Å². The summed E-state index contributed by atoms with van der Waals surface area (Å²) >= 11 is 0. The van der Waals surface area contributed by atoms with Gasteiger partial charge in [0.15, 0.2) is 0 Å². The molecule has 0 aliphatic rings. The molecule has 30 heavy (non-hydrogen) atoms. The van der Waals surface area contributed by atoms with Gasteiger partial charge in [-0.25, -0.2) is 0 Å². The SMILES string of the molecule is O=C(CCNC(=O)Cc1ccccc1)NCCNCC(O)COc1ccc(O)cc1. The molecule has 162 valence electrons. The van der Waals surface area contributed by atoms with E-state index in [0.717, 1.165) is 5.56 Å². The third-order valence-corrected chi connectivity index (χ3v) is 4.16. The summed E-state index contributed by atoms with van der Waals surface area (Å²) in [5, 5.41) is 27.6. The number of aromatic hydroxyl groups is 1. The number of aliphatic hydroxyl groups is 1. The Labute approximate surface area is 176 Å². The molecule has 0 saturated heterocycles. The predicted octanol–water partition coefficient (Wildman–Crippen LogP) is 0.587. The van der Waals surface area contributed by atoms with E-state index in [2.05, 4.69) is 16.0 Å². The van der Waals surface area contributed by atoms with Gasteiger partial charge < -0.3 is 30.9 Å². The minimum atomic E-state index is -0.700. The average Bonchev–Trinajstić information content (AvgIpc) is 2.74. The first kappa shape index (κ1) is 23.2. The lowest BCUT2D eigenvalue weighted by atomic mass is 10.1. The molecule has 2 aromatic carbocycles. The highest BCUT2D eigenvalue weighted by molar-refractivity contribution is 5.80. The zero-order chi connectivity index (χ0) is 21.6. The quantitative estimate of drug-likeness (QED) is 0.306.